The van der Waals surface area contributed by atoms with Crippen LogP contribution in [0.4, 0.5) is 0 Å². The van der Waals surface area contributed by atoms with Crippen molar-refractivity contribution in [3.05, 3.63) is 11.6 Å². The van der Waals surface area contributed by atoms with Gasteiger partial charge in [0.2, 0.25) is 0 Å². The maximum absolute atomic E-state index is 13.4. The van der Waals surface area contributed by atoms with Crippen LogP contribution in [0.3, 0.4) is 0 Å². The number of carbonyl (C=O) groups excluding carboxylic acids is 2. The molecule has 0 aliphatic heterocycles. The van der Waals surface area contributed by atoms with Gasteiger partial charge in [-0.3, -0.25) is 9.59 Å². The average Bonchev–Trinajstić information content (AvgIpc) is 2.83. The largest absolute Gasteiger partial charge is 0.469 e. The van der Waals surface area contributed by atoms with Crippen LogP contribution >= 0.6 is 0 Å². The lowest BCUT2D eigenvalue weighted by Crippen LogP contribution is -2.65. The average molecular weight is 513 g/mol. The lowest BCUT2D eigenvalue weighted by Gasteiger charge is -2.71. The number of fused-ring (bicyclic) bond motifs is 7. The molecule has 0 aromatic carbocycles. The van der Waals surface area contributed by atoms with Crippen LogP contribution in [0.25, 0.3) is 0 Å². The molecule has 0 saturated heterocycles. The van der Waals surface area contributed by atoms with Crippen molar-refractivity contribution in [3.8, 4) is 0 Å². The lowest BCUT2D eigenvalue weighted by atomic mass is 9.33. The van der Waals surface area contributed by atoms with Gasteiger partial charge in [-0.15, -0.1) is 0 Å². The Hall–Kier alpha value is -1.32. The monoisotopic (exact) mass is 512 g/mol. The lowest BCUT2D eigenvalue weighted by molar-refractivity contribution is -0.214. The van der Waals surface area contributed by atoms with E-state index in [0.29, 0.717) is 29.6 Å². The molecule has 1 unspecified atom stereocenters. The minimum Gasteiger partial charge on any atom is -0.469 e. The van der Waals surface area contributed by atoms with Gasteiger partial charge in [0.25, 0.3) is 0 Å². The van der Waals surface area contributed by atoms with Gasteiger partial charge in [-0.05, 0) is 104 Å². The van der Waals surface area contributed by atoms with E-state index < -0.39 is 0 Å². The van der Waals surface area contributed by atoms with Crippen LogP contribution in [0.15, 0.2) is 11.6 Å². The molecule has 4 heteroatoms. The molecular weight excluding hydrogens is 460 g/mol. The summed E-state index contributed by atoms with van der Waals surface area (Å²) in [4.78, 5) is 25.4. The molecule has 5 rings (SSSR count). The number of allylic oxidation sites excluding steroid dienone is 2. The topological polar surface area (TPSA) is 52.6 Å². The maximum Gasteiger partial charge on any atom is 0.312 e. The summed E-state index contributed by atoms with van der Waals surface area (Å²) in [6.45, 7) is 18.8. The van der Waals surface area contributed by atoms with Gasteiger partial charge in [0.15, 0.2) is 0 Å². The highest BCUT2D eigenvalue weighted by molar-refractivity contribution is 5.78. The van der Waals surface area contributed by atoms with E-state index in [2.05, 4.69) is 54.5 Å². The predicted octanol–water partition coefficient (Wildman–Crippen LogP) is 7.75. The molecule has 0 radical (unpaired) electrons. The first kappa shape index (κ1) is 27.3. The Morgan fingerprint density at radius 3 is 2.24 bits per heavy atom. The van der Waals surface area contributed by atoms with Gasteiger partial charge in [0.1, 0.15) is 6.10 Å². The molecule has 5 aliphatic carbocycles. The number of rotatable bonds is 2. The molecule has 0 N–H and O–H groups in total. The molecule has 0 aromatic heterocycles. The van der Waals surface area contributed by atoms with E-state index >= 15 is 0 Å². The Bertz CT molecular complexity index is 996. The summed E-state index contributed by atoms with van der Waals surface area (Å²) < 4.78 is 11.4. The van der Waals surface area contributed by atoms with Gasteiger partial charge in [-0.25, -0.2) is 0 Å². The molecule has 37 heavy (non-hydrogen) atoms. The molecule has 10 atom stereocenters. The minimum absolute atomic E-state index is 0.0117. The van der Waals surface area contributed by atoms with Crippen molar-refractivity contribution >= 4 is 11.9 Å². The van der Waals surface area contributed by atoms with Crippen LogP contribution < -0.4 is 0 Å². The highest BCUT2D eigenvalue weighted by atomic mass is 16.5. The summed E-state index contributed by atoms with van der Waals surface area (Å²) in [6.07, 6.45) is 12.4. The van der Waals surface area contributed by atoms with E-state index in [4.69, 9.17) is 9.47 Å². The Morgan fingerprint density at radius 1 is 0.892 bits per heavy atom. The number of carbonyl (C=O) groups is 2. The summed E-state index contributed by atoms with van der Waals surface area (Å²) in [7, 11) is 1.59. The quantitative estimate of drug-likeness (QED) is 0.280. The van der Waals surface area contributed by atoms with E-state index in [9.17, 15) is 9.59 Å². The fourth-order valence-electron chi connectivity index (χ4n) is 11.4. The third-order valence-electron chi connectivity index (χ3n) is 13.8. The van der Waals surface area contributed by atoms with E-state index in [0.717, 1.165) is 44.9 Å². The number of hydrogen-bond acceptors (Lipinski definition) is 4. The molecule has 4 saturated carbocycles. The highest BCUT2D eigenvalue weighted by Gasteiger charge is 2.69. The van der Waals surface area contributed by atoms with Crippen LogP contribution in [0.2, 0.25) is 0 Å². The Morgan fingerprint density at radius 2 is 1.59 bits per heavy atom. The molecule has 0 aromatic rings. The van der Waals surface area contributed by atoms with Crippen LogP contribution in [-0.4, -0.2) is 25.2 Å². The summed E-state index contributed by atoms with van der Waals surface area (Å²) in [5.74, 6) is 2.45. The van der Waals surface area contributed by atoms with Gasteiger partial charge in [-0.2, -0.15) is 0 Å². The Labute approximate surface area is 225 Å². The van der Waals surface area contributed by atoms with E-state index in [-0.39, 0.29) is 45.1 Å². The van der Waals surface area contributed by atoms with E-state index in [1.807, 2.05) is 0 Å². The third kappa shape index (κ3) is 3.45. The van der Waals surface area contributed by atoms with Gasteiger partial charge < -0.3 is 9.47 Å². The molecule has 208 valence electrons. The molecule has 0 spiro atoms. The van der Waals surface area contributed by atoms with Crippen LogP contribution in [0, 0.1) is 56.7 Å². The fraction of sp³-hybridized carbons (Fsp3) is 0.879. The van der Waals surface area contributed by atoms with Crippen molar-refractivity contribution < 1.29 is 19.1 Å². The number of methoxy groups -OCH3 is 1. The molecule has 5 aliphatic rings. The predicted molar refractivity (Wildman–Crippen MR) is 147 cm³/mol. The molecule has 0 amide bonds. The summed E-state index contributed by atoms with van der Waals surface area (Å²) in [6, 6.07) is 0. The smallest absolute Gasteiger partial charge is 0.312 e. The van der Waals surface area contributed by atoms with Crippen molar-refractivity contribution in [2.24, 2.45) is 56.7 Å². The zero-order chi connectivity index (χ0) is 27.2. The number of esters is 2. The fourth-order valence-corrected chi connectivity index (χ4v) is 11.4. The third-order valence-corrected chi connectivity index (χ3v) is 13.8. The summed E-state index contributed by atoms with van der Waals surface area (Å²) in [5.41, 5.74) is 1.76. The first-order chi connectivity index (χ1) is 17.2. The van der Waals surface area contributed by atoms with E-state index in [1.165, 1.54) is 12.8 Å². The molecule has 4 nitrogen and oxygen atoms in total. The minimum atomic E-state index is -0.347. The van der Waals surface area contributed by atoms with Gasteiger partial charge >= 0.3 is 11.9 Å². The second kappa shape index (κ2) is 8.59. The van der Waals surface area contributed by atoms with Crippen LogP contribution in [0.5, 0.6) is 0 Å². The second-order valence-electron chi connectivity index (χ2n) is 15.3. The van der Waals surface area contributed by atoms with E-state index in [1.54, 1.807) is 19.6 Å². The zero-order valence-electron chi connectivity index (χ0n) is 25.0. The molecular formula is C33H52O4. The Kier molecular flexibility index (Phi) is 6.33. The van der Waals surface area contributed by atoms with Crippen molar-refractivity contribution in [2.75, 3.05) is 7.11 Å². The molecule has 0 heterocycles. The van der Waals surface area contributed by atoms with Crippen LogP contribution in [-0.2, 0) is 19.1 Å². The van der Waals surface area contributed by atoms with Crippen molar-refractivity contribution in [1.82, 2.24) is 0 Å². The summed E-state index contributed by atoms with van der Waals surface area (Å²) in [5, 5.41) is 0. The van der Waals surface area contributed by atoms with Gasteiger partial charge in [-0.1, -0.05) is 60.1 Å². The molecule has 4 fully saturated rings. The SMILES string of the molecule is COC(=O)[C@]12CC[C@@H](C)[C@H](C)[C@H]1C1=CC[C@@H]3[C@@]4(C)CCC(OC(C)=O)C(C)(C)[C@@H]4CC[C@@]3(C)[C@]1(C)CC2. The van der Waals surface area contributed by atoms with Crippen molar-refractivity contribution in [2.45, 2.75) is 119 Å². The second-order valence-corrected chi connectivity index (χ2v) is 15.3. The first-order valence-electron chi connectivity index (χ1n) is 15.2. The first-order valence-corrected chi connectivity index (χ1v) is 15.2. The van der Waals surface area contributed by atoms with Gasteiger partial charge in [0, 0.05) is 12.3 Å². The highest BCUT2D eigenvalue weighted by Crippen LogP contribution is 2.76. The molecule has 0 bridgehead atoms. The van der Waals surface area contributed by atoms with Crippen LogP contribution in [0.1, 0.15) is 113 Å². The number of ether oxygens (including phenoxy) is 2. The maximum atomic E-state index is 13.4. The van der Waals surface area contributed by atoms with Crippen molar-refractivity contribution in [3.63, 3.8) is 0 Å². The van der Waals surface area contributed by atoms with Gasteiger partial charge in [0.05, 0.1) is 12.5 Å². The summed E-state index contributed by atoms with van der Waals surface area (Å²) >= 11 is 0. The van der Waals surface area contributed by atoms with Crippen molar-refractivity contribution in [1.29, 1.82) is 0 Å². The standard InChI is InChI=1S/C33H52O4/c1-20-12-17-33(28(35)36-9)19-18-31(7)23(27(33)21(20)2)10-11-25-30(6)15-14-26(37-22(3)34)29(4,5)24(30)13-16-32(25,31)8/h10,20-21,24-27H,11-19H2,1-9H3/t20-,21+,24+,25-,26?,27+,30+,31-,32-,33+/m1/s1. The number of hydrogen-bond donors (Lipinski definition) is 0. The Balaban J connectivity index is 1.57. The normalized spacial score (nSPS) is 50.4. The zero-order valence-corrected chi connectivity index (χ0v) is 25.0.